The van der Waals surface area contributed by atoms with Crippen molar-refractivity contribution in [1.82, 2.24) is 0 Å². The third-order valence-corrected chi connectivity index (χ3v) is 2.06. The van der Waals surface area contributed by atoms with Crippen LogP contribution in [0.3, 0.4) is 0 Å². The lowest BCUT2D eigenvalue weighted by Crippen LogP contribution is -2.30. The molecule has 3 heteroatoms. The molecule has 0 aromatic rings. The average Bonchev–Trinajstić information content (AvgIpc) is 2.02. The van der Waals surface area contributed by atoms with E-state index in [0.29, 0.717) is 13.2 Å². The van der Waals surface area contributed by atoms with Crippen LogP contribution in [0.2, 0.25) is 0 Å². The maximum atomic E-state index is 5.71. The lowest BCUT2D eigenvalue weighted by atomic mass is 9.94. The SMILES string of the molecule is COCC(C)(C)COCC(C)(C)COC. The van der Waals surface area contributed by atoms with Gasteiger partial charge in [-0.25, -0.2) is 0 Å². The van der Waals surface area contributed by atoms with E-state index in [2.05, 4.69) is 27.7 Å². The summed E-state index contributed by atoms with van der Waals surface area (Å²) in [5.74, 6) is 0. The van der Waals surface area contributed by atoms with E-state index in [1.165, 1.54) is 0 Å². The topological polar surface area (TPSA) is 27.7 Å². The highest BCUT2D eigenvalue weighted by Crippen LogP contribution is 2.20. The van der Waals surface area contributed by atoms with Crippen molar-refractivity contribution in [3.05, 3.63) is 0 Å². The van der Waals surface area contributed by atoms with Gasteiger partial charge in [-0.15, -0.1) is 0 Å². The summed E-state index contributed by atoms with van der Waals surface area (Å²) in [6, 6.07) is 0. The Kier molecular flexibility index (Phi) is 6.41. The summed E-state index contributed by atoms with van der Waals surface area (Å²) in [4.78, 5) is 0. The zero-order valence-corrected chi connectivity index (χ0v) is 11.1. The van der Waals surface area contributed by atoms with Gasteiger partial charge in [0.15, 0.2) is 0 Å². The predicted molar refractivity (Wildman–Crippen MR) is 62.1 cm³/mol. The van der Waals surface area contributed by atoms with E-state index >= 15 is 0 Å². The second-order valence-corrected chi connectivity index (χ2v) is 5.69. The maximum absolute atomic E-state index is 5.71. The van der Waals surface area contributed by atoms with Gasteiger partial charge >= 0.3 is 0 Å². The Bertz CT molecular complexity index is 146. The summed E-state index contributed by atoms with van der Waals surface area (Å²) in [7, 11) is 3.44. The third-order valence-electron chi connectivity index (χ3n) is 2.06. The molecule has 0 atom stereocenters. The largest absolute Gasteiger partial charge is 0.384 e. The molecule has 0 unspecified atom stereocenters. The predicted octanol–water partition coefficient (Wildman–Crippen LogP) is 2.35. The second kappa shape index (κ2) is 6.46. The van der Waals surface area contributed by atoms with E-state index in [9.17, 15) is 0 Å². The minimum atomic E-state index is 0.0813. The molecule has 0 aromatic carbocycles. The van der Waals surface area contributed by atoms with Crippen molar-refractivity contribution in [3.63, 3.8) is 0 Å². The van der Waals surface area contributed by atoms with Gasteiger partial charge in [0.05, 0.1) is 26.4 Å². The zero-order valence-electron chi connectivity index (χ0n) is 11.1. The molecule has 0 fully saturated rings. The molecular weight excluding hydrogens is 192 g/mol. The molecule has 15 heavy (non-hydrogen) atoms. The van der Waals surface area contributed by atoms with Crippen molar-refractivity contribution >= 4 is 0 Å². The molecule has 3 nitrogen and oxygen atoms in total. The van der Waals surface area contributed by atoms with Crippen molar-refractivity contribution in [2.45, 2.75) is 27.7 Å². The summed E-state index contributed by atoms with van der Waals surface area (Å²) in [6.07, 6.45) is 0. The zero-order chi connectivity index (χ0) is 11.9. The van der Waals surface area contributed by atoms with Crippen LogP contribution in [0, 0.1) is 10.8 Å². The Morgan fingerprint density at radius 1 is 0.667 bits per heavy atom. The molecule has 0 rings (SSSR count). The summed E-state index contributed by atoms with van der Waals surface area (Å²) < 4.78 is 16.0. The van der Waals surface area contributed by atoms with Gasteiger partial charge in [-0.1, -0.05) is 27.7 Å². The van der Waals surface area contributed by atoms with Gasteiger partial charge in [0.1, 0.15) is 0 Å². The van der Waals surface area contributed by atoms with Crippen LogP contribution in [0.4, 0.5) is 0 Å². The summed E-state index contributed by atoms with van der Waals surface area (Å²) in [5, 5.41) is 0. The minimum Gasteiger partial charge on any atom is -0.384 e. The molecule has 0 amide bonds. The van der Waals surface area contributed by atoms with Crippen LogP contribution in [0.5, 0.6) is 0 Å². The van der Waals surface area contributed by atoms with E-state index in [1.807, 2.05) is 0 Å². The van der Waals surface area contributed by atoms with Crippen LogP contribution in [-0.4, -0.2) is 40.6 Å². The normalized spacial score (nSPS) is 13.2. The van der Waals surface area contributed by atoms with Crippen LogP contribution >= 0.6 is 0 Å². The summed E-state index contributed by atoms with van der Waals surface area (Å²) >= 11 is 0. The molecular formula is C12H26O3. The van der Waals surface area contributed by atoms with Crippen LogP contribution < -0.4 is 0 Å². The highest BCUT2D eigenvalue weighted by atomic mass is 16.5. The van der Waals surface area contributed by atoms with Gasteiger partial charge in [-0.05, 0) is 0 Å². The fraction of sp³-hybridized carbons (Fsp3) is 1.00. The second-order valence-electron chi connectivity index (χ2n) is 5.69. The third kappa shape index (κ3) is 7.77. The quantitative estimate of drug-likeness (QED) is 0.626. The Balaban J connectivity index is 3.77. The van der Waals surface area contributed by atoms with Gasteiger partial charge in [-0.2, -0.15) is 0 Å². The lowest BCUT2D eigenvalue weighted by Gasteiger charge is -2.28. The average molecular weight is 218 g/mol. The maximum Gasteiger partial charge on any atom is 0.0539 e. The standard InChI is InChI=1S/C12H26O3/c1-11(2,7-13-5)9-15-10-12(3,4)8-14-6/h7-10H2,1-6H3. The van der Waals surface area contributed by atoms with Crippen molar-refractivity contribution in [1.29, 1.82) is 0 Å². The Morgan fingerprint density at radius 3 is 1.27 bits per heavy atom. The molecule has 0 N–H and O–H groups in total. The van der Waals surface area contributed by atoms with Crippen molar-refractivity contribution in [2.75, 3.05) is 40.6 Å². The fourth-order valence-corrected chi connectivity index (χ4v) is 1.47. The van der Waals surface area contributed by atoms with Gasteiger partial charge < -0.3 is 14.2 Å². The number of methoxy groups -OCH3 is 2. The van der Waals surface area contributed by atoms with E-state index in [-0.39, 0.29) is 10.8 Å². The van der Waals surface area contributed by atoms with Gasteiger partial charge in [-0.3, -0.25) is 0 Å². The van der Waals surface area contributed by atoms with Crippen LogP contribution in [-0.2, 0) is 14.2 Å². The van der Waals surface area contributed by atoms with Gasteiger partial charge in [0.2, 0.25) is 0 Å². The molecule has 0 bridgehead atoms. The molecule has 92 valence electrons. The molecule has 0 radical (unpaired) electrons. The van der Waals surface area contributed by atoms with Crippen LogP contribution in [0.25, 0.3) is 0 Å². The number of ether oxygens (including phenoxy) is 3. The first kappa shape index (κ1) is 14.9. The Hall–Kier alpha value is -0.120. The van der Waals surface area contributed by atoms with Gasteiger partial charge in [0.25, 0.3) is 0 Å². The first-order chi connectivity index (χ1) is 6.83. The highest BCUT2D eigenvalue weighted by molar-refractivity contribution is 4.70. The smallest absolute Gasteiger partial charge is 0.0539 e. The number of hydrogen-bond donors (Lipinski definition) is 0. The minimum absolute atomic E-state index is 0.0813. The molecule has 0 aromatic heterocycles. The van der Waals surface area contributed by atoms with Gasteiger partial charge in [0, 0.05) is 25.0 Å². The Labute approximate surface area is 94.1 Å². The van der Waals surface area contributed by atoms with E-state index in [4.69, 9.17) is 14.2 Å². The fourth-order valence-electron chi connectivity index (χ4n) is 1.47. The van der Waals surface area contributed by atoms with Crippen molar-refractivity contribution in [2.24, 2.45) is 10.8 Å². The summed E-state index contributed by atoms with van der Waals surface area (Å²) in [6.45, 7) is 11.4. The molecule has 0 aliphatic rings. The lowest BCUT2D eigenvalue weighted by molar-refractivity contribution is -0.0333. The van der Waals surface area contributed by atoms with E-state index < -0.39 is 0 Å². The van der Waals surface area contributed by atoms with Crippen LogP contribution in [0.15, 0.2) is 0 Å². The molecule has 0 aliphatic heterocycles. The first-order valence-corrected chi connectivity index (χ1v) is 5.39. The number of rotatable bonds is 8. The first-order valence-electron chi connectivity index (χ1n) is 5.39. The molecule has 0 heterocycles. The van der Waals surface area contributed by atoms with E-state index in [1.54, 1.807) is 14.2 Å². The molecule has 0 spiro atoms. The molecule has 0 aliphatic carbocycles. The van der Waals surface area contributed by atoms with Crippen LogP contribution in [0.1, 0.15) is 27.7 Å². The Morgan fingerprint density at radius 2 is 1.00 bits per heavy atom. The summed E-state index contributed by atoms with van der Waals surface area (Å²) in [5.41, 5.74) is 0.163. The number of hydrogen-bond acceptors (Lipinski definition) is 3. The molecule has 0 saturated carbocycles. The van der Waals surface area contributed by atoms with Crippen molar-refractivity contribution in [3.8, 4) is 0 Å². The van der Waals surface area contributed by atoms with E-state index in [0.717, 1.165) is 13.2 Å². The highest BCUT2D eigenvalue weighted by Gasteiger charge is 2.22. The molecule has 0 saturated heterocycles. The van der Waals surface area contributed by atoms with Crippen molar-refractivity contribution < 1.29 is 14.2 Å². The monoisotopic (exact) mass is 218 g/mol.